The highest BCUT2D eigenvalue weighted by Gasteiger charge is 2.25. The minimum atomic E-state index is -4.10. The van der Waals surface area contributed by atoms with Crippen LogP contribution in [0.1, 0.15) is 5.56 Å². The molecule has 0 radical (unpaired) electrons. The van der Waals surface area contributed by atoms with Crippen molar-refractivity contribution in [3.8, 4) is 18.2 Å². The Morgan fingerprint density at radius 1 is 1.16 bits per heavy atom. The third-order valence-corrected chi connectivity index (χ3v) is 3.98. The summed E-state index contributed by atoms with van der Waals surface area (Å²) in [5.41, 5.74) is -0.421. The molecule has 96 valence electrons. The summed E-state index contributed by atoms with van der Waals surface area (Å²) in [6, 6.07) is 7.47. The van der Waals surface area contributed by atoms with Crippen LogP contribution in [0.25, 0.3) is 0 Å². The van der Waals surface area contributed by atoms with Gasteiger partial charge in [-0.25, -0.2) is 12.8 Å². The highest BCUT2D eigenvalue weighted by Crippen LogP contribution is 2.18. The molecule has 6 nitrogen and oxygen atoms in total. The van der Waals surface area contributed by atoms with Gasteiger partial charge in [-0.3, -0.25) is 0 Å². The van der Waals surface area contributed by atoms with E-state index in [0.717, 1.165) is 18.2 Å². The number of benzene rings is 1. The molecule has 1 rings (SSSR count). The molecule has 1 aromatic carbocycles. The van der Waals surface area contributed by atoms with Gasteiger partial charge >= 0.3 is 0 Å². The minimum absolute atomic E-state index is 0.337. The van der Waals surface area contributed by atoms with Crippen molar-refractivity contribution in [1.82, 2.24) is 4.31 Å². The van der Waals surface area contributed by atoms with Crippen molar-refractivity contribution < 1.29 is 12.8 Å². The number of nitrogens with zero attached hydrogens (tertiary/aromatic N) is 4. The van der Waals surface area contributed by atoms with Gasteiger partial charge < -0.3 is 0 Å². The van der Waals surface area contributed by atoms with Gasteiger partial charge in [0.05, 0.1) is 22.6 Å². The molecule has 0 spiro atoms. The lowest BCUT2D eigenvalue weighted by Crippen LogP contribution is -2.32. The van der Waals surface area contributed by atoms with Crippen LogP contribution in [0.2, 0.25) is 0 Å². The van der Waals surface area contributed by atoms with E-state index in [1.807, 2.05) is 0 Å². The average Bonchev–Trinajstić information content (AvgIpc) is 2.38. The second-order valence-electron chi connectivity index (χ2n) is 3.34. The molecule has 0 amide bonds. The Labute approximate surface area is 109 Å². The van der Waals surface area contributed by atoms with E-state index in [0.29, 0.717) is 4.31 Å². The summed E-state index contributed by atoms with van der Waals surface area (Å²) in [4.78, 5) is -0.337. The van der Waals surface area contributed by atoms with Crippen LogP contribution in [-0.2, 0) is 10.0 Å². The van der Waals surface area contributed by atoms with E-state index in [-0.39, 0.29) is 4.90 Å². The van der Waals surface area contributed by atoms with Crippen LogP contribution in [0.5, 0.6) is 0 Å². The molecule has 0 aliphatic carbocycles. The van der Waals surface area contributed by atoms with Crippen LogP contribution in [0, 0.1) is 39.8 Å². The van der Waals surface area contributed by atoms with Crippen molar-refractivity contribution >= 4 is 10.0 Å². The Morgan fingerprint density at radius 2 is 1.74 bits per heavy atom. The smallest absolute Gasteiger partial charge is 0.207 e. The molecule has 0 aromatic heterocycles. The van der Waals surface area contributed by atoms with E-state index in [1.54, 1.807) is 12.1 Å². The molecule has 0 fully saturated rings. The summed E-state index contributed by atoms with van der Waals surface area (Å²) < 4.78 is 37.9. The number of nitriles is 3. The molecule has 0 unspecified atom stereocenters. The fraction of sp³-hybridized carbons (Fsp3) is 0.182. The molecule has 0 bridgehead atoms. The Balaban J connectivity index is 3.31. The van der Waals surface area contributed by atoms with E-state index in [4.69, 9.17) is 15.8 Å². The summed E-state index contributed by atoms with van der Waals surface area (Å²) >= 11 is 0. The fourth-order valence-electron chi connectivity index (χ4n) is 1.28. The maximum absolute atomic E-state index is 13.1. The average molecular weight is 278 g/mol. The molecular weight excluding hydrogens is 271 g/mol. The topological polar surface area (TPSA) is 109 Å². The van der Waals surface area contributed by atoms with Crippen LogP contribution in [0.3, 0.4) is 0 Å². The lowest BCUT2D eigenvalue weighted by Gasteiger charge is -2.15. The Bertz CT molecular complexity index is 694. The first kappa shape index (κ1) is 14.6. The molecule has 0 heterocycles. The largest absolute Gasteiger partial charge is 0.245 e. The fourth-order valence-corrected chi connectivity index (χ4v) is 2.54. The van der Waals surface area contributed by atoms with Crippen molar-refractivity contribution in [3.05, 3.63) is 29.6 Å². The predicted octanol–water partition coefficient (Wildman–Crippen LogP) is 0.735. The van der Waals surface area contributed by atoms with Crippen molar-refractivity contribution in [2.75, 3.05) is 13.1 Å². The van der Waals surface area contributed by atoms with Crippen molar-refractivity contribution in [2.24, 2.45) is 0 Å². The van der Waals surface area contributed by atoms with Crippen molar-refractivity contribution in [3.63, 3.8) is 0 Å². The van der Waals surface area contributed by atoms with Gasteiger partial charge in [-0.2, -0.15) is 20.1 Å². The Hall–Kier alpha value is -2.47. The number of hydrogen-bond acceptors (Lipinski definition) is 5. The van der Waals surface area contributed by atoms with Gasteiger partial charge in [0.15, 0.2) is 0 Å². The third kappa shape index (κ3) is 3.05. The van der Waals surface area contributed by atoms with Gasteiger partial charge in [-0.15, -0.1) is 0 Å². The summed E-state index contributed by atoms with van der Waals surface area (Å²) in [6.07, 6.45) is 0. The summed E-state index contributed by atoms with van der Waals surface area (Å²) in [6.45, 7) is -1.01. The van der Waals surface area contributed by atoms with Gasteiger partial charge in [0.25, 0.3) is 0 Å². The second kappa shape index (κ2) is 5.92. The zero-order valence-electron chi connectivity index (χ0n) is 9.54. The van der Waals surface area contributed by atoms with E-state index in [1.165, 1.54) is 6.07 Å². The van der Waals surface area contributed by atoms with Crippen molar-refractivity contribution in [2.45, 2.75) is 4.90 Å². The van der Waals surface area contributed by atoms with Gasteiger partial charge in [-0.1, -0.05) is 0 Å². The van der Waals surface area contributed by atoms with Gasteiger partial charge in [0.2, 0.25) is 10.0 Å². The molecule has 19 heavy (non-hydrogen) atoms. The van der Waals surface area contributed by atoms with E-state index in [2.05, 4.69) is 0 Å². The second-order valence-corrected chi connectivity index (χ2v) is 5.28. The molecule has 0 atom stereocenters. The minimum Gasteiger partial charge on any atom is -0.207 e. The maximum Gasteiger partial charge on any atom is 0.245 e. The molecule has 0 N–H and O–H groups in total. The van der Waals surface area contributed by atoms with Crippen molar-refractivity contribution in [1.29, 1.82) is 15.8 Å². The van der Waals surface area contributed by atoms with E-state index < -0.39 is 34.5 Å². The molecule has 0 saturated carbocycles. The van der Waals surface area contributed by atoms with E-state index in [9.17, 15) is 12.8 Å². The van der Waals surface area contributed by atoms with Gasteiger partial charge in [-0.05, 0) is 18.2 Å². The Kier molecular flexibility index (Phi) is 4.55. The third-order valence-electron chi connectivity index (χ3n) is 2.19. The van der Waals surface area contributed by atoms with E-state index >= 15 is 0 Å². The zero-order valence-corrected chi connectivity index (χ0v) is 10.4. The highest BCUT2D eigenvalue weighted by molar-refractivity contribution is 7.89. The Morgan fingerprint density at radius 3 is 2.21 bits per heavy atom. The maximum atomic E-state index is 13.1. The first-order chi connectivity index (χ1) is 8.97. The molecule has 0 aliphatic rings. The van der Waals surface area contributed by atoms with Crippen LogP contribution in [0.4, 0.5) is 4.39 Å². The molecule has 1 aromatic rings. The molecular formula is C11H7FN4O2S. The summed E-state index contributed by atoms with van der Waals surface area (Å²) in [7, 11) is -4.10. The van der Waals surface area contributed by atoms with Crippen LogP contribution in [0.15, 0.2) is 23.1 Å². The first-order valence-electron chi connectivity index (χ1n) is 4.91. The SMILES string of the molecule is N#CCN(CC#N)S(=O)(=O)c1ccc(F)c(C#N)c1. The molecule has 0 aliphatic heterocycles. The number of halogens is 1. The highest BCUT2D eigenvalue weighted by atomic mass is 32.2. The normalized spacial score (nSPS) is 10.5. The lowest BCUT2D eigenvalue weighted by molar-refractivity contribution is 0.479. The standard InChI is InChI=1S/C11H7FN4O2S/c12-11-2-1-10(7-9(11)8-15)19(17,18)16(5-3-13)6-4-14/h1-2,7H,5-6H2. The number of rotatable bonds is 4. The van der Waals surface area contributed by atoms with Gasteiger partial charge in [0, 0.05) is 0 Å². The van der Waals surface area contributed by atoms with Crippen LogP contribution < -0.4 is 0 Å². The summed E-state index contributed by atoms with van der Waals surface area (Å²) in [5, 5.41) is 25.7. The number of sulfonamides is 1. The molecule has 8 heteroatoms. The predicted molar refractivity (Wildman–Crippen MR) is 61.1 cm³/mol. The van der Waals surface area contributed by atoms with Gasteiger partial charge in [0.1, 0.15) is 25.0 Å². The lowest BCUT2D eigenvalue weighted by atomic mass is 10.2. The monoisotopic (exact) mass is 278 g/mol. The van der Waals surface area contributed by atoms with Crippen LogP contribution >= 0.6 is 0 Å². The van der Waals surface area contributed by atoms with Crippen LogP contribution in [-0.4, -0.2) is 25.8 Å². The summed E-state index contributed by atoms with van der Waals surface area (Å²) in [5.74, 6) is -0.839. The quantitative estimate of drug-likeness (QED) is 0.754. The first-order valence-corrected chi connectivity index (χ1v) is 6.35. The number of hydrogen-bond donors (Lipinski definition) is 0. The molecule has 0 saturated heterocycles. The zero-order chi connectivity index (χ0) is 14.5.